The zero-order chi connectivity index (χ0) is 16.2. The third-order valence-electron chi connectivity index (χ3n) is 4.86. The Bertz CT molecular complexity index is 508. The van der Waals surface area contributed by atoms with Crippen LogP contribution in [0.1, 0.15) is 45.1 Å². The van der Waals surface area contributed by atoms with Gasteiger partial charge in [-0.25, -0.2) is 0 Å². The lowest BCUT2D eigenvalue weighted by Gasteiger charge is -2.32. The summed E-state index contributed by atoms with van der Waals surface area (Å²) in [7, 11) is 1.70. The molecule has 1 fully saturated rings. The first kappa shape index (κ1) is 16.8. The number of carbonyl (C=O) groups is 1. The van der Waals surface area contributed by atoms with Crippen LogP contribution in [0.5, 0.6) is 5.75 Å². The van der Waals surface area contributed by atoms with Crippen LogP contribution >= 0.6 is 0 Å². The largest absolute Gasteiger partial charge is 0.496 e. The topological polar surface area (TPSA) is 64.3 Å². The van der Waals surface area contributed by atoms with E-state index in [4.69, 9.17) is 10.5 Å². The molecular formula is C18H28N2O2. The highest BCUT2D eigenvalue weighted by Crippen LogP contribution is 2.44. The fraction of sp³-hybridized carbons (Fsp3) is 0.611. The van der Waals surface area contributed by atoms with Crippen molar-refractivity contribution in [1.29, 1.82) is 0 Å². The maximum Gasteiger partial charge on any atom is 0.237 e. The molecule has 1 atom stereocenters. The van der Waals surface area contributed by atoms with Crippen LogP contribution in [0, 0.1) is 5.92 Å². The molecule has 0 unspecified atom stereocenters. The van der Waals surface area contributed by atoms with Gasteiger partial charge in [0.2, 0.25) is 5.91 Å². The van der Waals surface area contributed by atoms with Crippen LogP contribution in [-0.4, -0.2) is 25.6 Å². The molecule has 4 heteroatoms. The Hall–Kier alpha value is -1.55. The number of hydrogen-bond donors (Lipinski definition) is 2. The fourth-order valence-corrected chi connectivity index (χ4v) is 3.35. The number of para-hydroxylation sites is 1. The third kappa shape index (κ3) is 3.43. The lowest BCUT2D eigenvalue weighted by molar-refractivity contribution is -0.123. The standard InChI is InChI=1S/C18H28N2O2/c1-13(2)16(19)17(21)20-12-18(10-6-7-11-18)14-8-4-5-9-15(14)22-3/h4-5,8-9,13,16H,6-7,10-12,19H2,1-3H3,(H,20,21)/t16-/m0/s1. The normalized spacial score (nSPS) is 18.2. The Morgan fingerprint density at radius 3 is 2.55 bits per heavy atom. The van der Waals surface area contributed by atoms with E-state index in [1.807, 2.05) is 32.0 Å². The van der Waals surface area contributed by atoms with E-state index in [2.05, 4.69) is 11.4 Å². The Balaban J connectivity index is 2.17. The van der Waals surface area contributed by atoms with Gasteiger partial charge in [0.15, 0.2) is 0 Å². The quantitative estimate of drug-likeness (QED) is 0.849. The summed E-state index contributed by atoms with van der Waals surface area (Å²) >= 11 is 0. The van der Waals surface area contributed by atoms with Gasteiger partial charge in [-0.2, -0.15) is 0 Å². The zero-order valence-electron chi connectivity index (χ0n) is 13.9. The molecule has 0 heterocycles. The predicted octanol–water partition coefficient (Wildman–Crippen LogP) is 2.61. The molecule has 3 N–H and O–H groups in total. The Labute approximate surface area is 133 Å². The van der Waals surface area contributed by atoms with Gasteiger partial charge in [-0.15, -0.1) is 0 Å². The molecule has 0 radical (unpaired) electrons. The molecule has 0 aromatic heterocycles. The summed E-state index contributed by atoms with van der Waals surface area (Å²) in [6.45, 7) is 4.57. The number of benzene rings is 1. The molecule has 4 nitrogen and oxygen atoms in total. The molecule has 1 aliphatic carbocycles. The van der Waals surface area contributed by atoms with Gasteiger partial charge in [0, 0.05) is 17.5 Å². The number of amides is 1. The van der Waals surface area contributed by atoms with Crippen LogP contribution in [0.3, 0.4) is 0 Å². The summed E-state index contributed by atoms with van der Waals surface area (Å²) in [6.07, 6.45) is 4.52. The van der Waals surface area contributed by atoms with Crippen LogP contribution in [0.25, 0.3) is 0 Å². The molecule has 0 bridgehead atoms. The van der Waals surface area contributed by atoms with E-state index in [9.17, 15) is 4.79 Å². The SMILES string of the molecule is COc1ccccc1C1(CNC(=O)[C@@H](N)C(C)C)CCCC1. The summed E-state index contributed by atoms with van der Waals surface area (Å²) in [5.74, 6) is 0.994. The summed E-state index contributed by atoms with van der Waals surface area (Å²) in [5, 5.41) is 3.08. The average molecular weight is 304 g/mol. The van der Waals surface area contributed by atoms with Gasteiger partial charge < -0.3 is 15.8 Å². The first-order valence-electron chi connectivity index (χ1n) is 8.17. The van der Waals surface area contributed by atoms with Crippen molar-refractivity contribution in [2.24, 2.45) is 11.7 Å². The van der Waals surface area contributed by atoms with Crippen molar-refractivity contribution in [3.05, 3.63) is 29.8 Å². The highest BCUT2D eigenvalue weighted by atomic mass is 16.5. The molecule has 0 saturated heterocycles. The van der Waals surface area contributed by atoms with E-state index in [1.54, 1.807) is 7.11 Å². The van der Waals surface area contributed by atoms with E-state index in [1.165, 1.54) is 18.4 Å². The van der Waals surface area contributed by atoms with Gasteiger partial charge >= 0.3 is 0 Å². The molecule has 1 aromatic rings. The minimum Gasteiger partial charge on any atom is -0.496 e. The van der Waals surface area contributed by atoms with Gasteiger partial charge in [-0.3, -0.25) is 4.79 Å². The first-order valence-corrected chi connectivity index (χ1v) is 8.17. The minimum absolute atomic E-state index is 0.0288. The smallest absolute Gasteiger partial charge is 0.237 e. The lowest BCUT2D eigenvalue weighted by atomic mass is 9.78. The average Bonchev–Trinajstić information content (AvgIpc) is 3.01. The van der Waals surface area contributed by atoms with Gasteiger partial charge in [0.1, 0.15) is 5.75 Å². The third-order valence-corrected chi connectivity index (χ3v) is 4.86. The number of nitrogens with two attached hydrogens (primary N) is 1. The van der Waals surface area contributed by atoms with E-state index < -0.39 is 6.04 Å². The number of rotatable bonds is 6. The minimum atomic E-state index is -0.448. The van der Waals surface area contributed by atoms with Gasteiger partial charge in [-0.1, -0.05) is 44.9 Å². The molecule has 0 aliphatic heterocycles. The van der Waals surface area contributed by atoms with E-state index >= 15 is 0 Å². The van der Waals surface area contributed by atoms with Gasteiger partial charge in [0.25, 0.3) is 0 Å². The molecule has 1 amide bonds. The molecule has 122 valence electrons. The number of hydrogen-bond acceptors (Lipinski definition) is 3. The van der Waals surface area contributed by atoms with E-state index in [0.29, 0.717) is 6.54 Å². The second-order valence-corrected chi connectivity index (χ2v) is 6.68. The van der Waals surface area contributed by atoms with E-state index in [-0.39, 0.29) is 17.2 Å². The van der Waals surface area contributed by atoms with Crippen molar-refractivity contribution in [2.75, 3.05) is 13.7 Å². The lowest BCUT2D eigenvalue weighted by Crippen LogP contribution is -2.48. The van der Waals surface area contributed by atoms with Crippen molar-refractivity contribution >= 4 is 5.91 Å². The van der Waals surface area contributed by atoms with E-state index in [0.717, 1.165) is 18.6 Å². The molecule has 22 heavy (non-hydrogen) atoms. The first-order chi connectivity index (χ1) is 10.5. The van der Waals surface area contributed by atoms with Crippen LogP contribution in [0.15, 0.2) is 24.3 Å². The molecule has 0 spiro atoms. The second kappa shape index (κ2) is 7.14. The number of carbonyl (C=O) groups excluding carboxylic acids is 1. The van der Waals surface area contributed by atoms with Crippen molar-refractivity contribution in [3.8, 4) is 5.75 Å². The summed E-state index contributed by atoms with van der Waals surface area (Å²) in [4.78, 5) is 12.2. The highest BCUT2D eigenvalue weighted by Gasteiger charge is 2.38. The van der Waals surface area contributed by atoms with Crippen LogP contribution in [0.4, 0.5) is 0 Å². The number of nitrogens with one attached hydrogen (secondary N) is 1. The fourth-order valence-electron chi connectivity index (χ4n) is 3.35. The molecule has 1 saturated carbocycles. The van der Waals surface area contributed by atoms with Crippen molar-refractivity contribution in [1.82, 2.24) is 5.32 Å². The Kier molecular flexibility index (Phi) is 5.46. The van der Waals surface area contributed by atoms with Crippen LogP contribution < -0.4 is 15.8 Å². The predicted molar refractivity (Wildman–Crippen MR) is 89.0 cm³/mol. The Morgan fingerprint density at radius 1 is 1.32 bits per heavy atom. The van der Waals surface area contributed by atoms with Gasteiger partial charge in [-0.05, 0) is 24.8 Å². The van der Waals surface area contributed by atoms with Crippen molar-refractivity contribution < 1.29 is 9.53 Å². The highest BCUT2D eigenvalue weighted by molar-refractivity contribution is 5.81. The Morgan fingerprint density at radius 2 is 1.95 bits per heavy atom. The van der Waals surface area contributed by atoms with Crippen molar-refractivity contribution in [2.45, 2.75) is 51.0 Å². The number of ether oxygens (including phenoxy) is 1. The zero-order valence-corrected chi connectivity index (χ0v) is 13.9. The molecular weight excluding hydrogens is 276 g/mol. The maximum atomic E-state index is 12.2. The summed E-state index contributed by atoms with van der Waals surface area (Å²) < 4.78 is 5.54. The maximum absolute atomic E-state index is 12.2. The van der Waals surface area contributed by atoms with Crippen LogP contribution in [0.2, 0.25) is 0 Å². The van der Waals surface area contributed by atoms with Crippen molar-refractivity contribution in [3.63, 3.8) is 0 Å². The van der Waals surface area contributed by atoms with Gasteiger partial charge in [0.05, 0.1) is 13.2 Å². The monoisotopic (exact) mass is 304 g/mol. The molecule has 1 aromatic carbocycles. The summed E-state index contributed by atoms with van der Waals surface area (Å²) in [6, 6.07) is 7.70. The molecule has 2 rings (SSSR count). The molecule has 1 aliphatic rings. The second-order valence-electron chi connectivity index (χ2n) is 6.68. The van der Waals surface area contributed by atoms with Crippen LogP contribution in [-0.2, 0) is 10.2 Å². The summed E-state index contributed by atoms with van der Waals surface area (Å²) in [5.41, 5.74) is 7.12. The number of methoxy groups -OCH3 is 1.